The smallest absolute Gasteiger partial charge is 0.358 e. The zero-order chi connectivity index (χ0) is 12.3. The minimum atomic E-state index is -1.10. The molecule has 0 bridgehead atoms. The minimum Gasteiger partial charge on any atom is -0.476 e. The number of amides is 1. The molecule has 0 radical (unpaired) electrons. The van der Waals surface area contributed by atoms with Crippen LogP contribution in [0.15, 0.2) is 6.20 Å². The maximum absolute atomic E-state index is 11.3. The fourth-order valence-electron chi connectivity index (χ4n) is 1.47. The Morgan fingerprint density at radius 3 is 2.88 bits per heavy atom. The lowest BCUT2D eigenvalue weighted by atomic mass is 10.3. The zero-order valence-electron chi connectivity index (χ0n) is 9.30. The summed E-state index contributed by atoms with van der Waals surface area (Å²) in [5.41, 5.74) is -0.0886. The number of nitrogens with one attached hydrogen (secondary N) is 1. The Balaban J connectivity index is 1.69. The van der Waals surface area contributed by atoms with Gasteiger partial charge >= 0.3 is 5.97 Å². The maximum atomic E-state index is 11.3. The first-order valence-electron chi connectivity index (χ1n) is 5.55. The van der Waals surface area contributed by atoms with Gasteiger partial charge in [-0.15, -0.1) is 5.10 Å². The predicted molar refractivity (Wildman–Crippen MR) is 57.3 cm³/mol. The second kappa shape index (κ2) is 4.94. The molecule has 0 atom stereocenters. The van der Waals surface area contributed by atoms with Crippen LogP contribution >= 0.6 is 0 Å². The van der Waals surface area contributed by atoms with E-state index in [2.05, 4.69) is 15.6 Å². The lowest BCUT2D eigenvalue weighted by Crippen LogP contribution is -2.27. The lowest BCUT2D eigenvalue weighted by Gasteiger charge is -2.03. The summed E-state index contributed by atoms with van der Waals surface area (Å²) in [6, 6.07) is 0. The minimum absolute atomic E-state index is 0.0473. The van der Waals surface area contributed by atoms with Gasteiger partial charge in [0, 0.05) is 13.0 Å². The van der Waals surface area contributed by atoms with Gasteiger partial charge in [-0.05, 0) is 18.8 Å². The number of aromatic nitrogens is 3. The average molecular weight is 238 g/mol. The van der Waals surface area contributed by atoms with Gasteiger partial charge in [0.25, 0.3) is 0 Å². The molecule has 1 aliphatic carbocycles. The molecule has 1 aromatic heterocycles. The van der Waals surface area contributed by atoms with Crippen molar-refractivity contribution in [3.8, 4) is 0 Å². The first kappa shape index (κ1) is 11.6. The molecule has 0 spiro atoms. The van der Waals surface area contributed by atoms with Gasteiger partial charge in [0.2, 0.25) is 5.91 Å². The van der Waals surface area contributed by atoms with E-state index in [9.17, 15) is 9.59 Å². The Labute approximate surface area is 97.8 Å². The summed E-state index contributed by atoms with van der Waals surface area (Å²) in [6.07, 6.45) is 4.24. The van der Waals surface area contributed by atoms with Crippen LogP contribution in [0, 0.1) is 5.92 Å². The molecule has 1 fully saturated rings. The standard InChI is InChI=1S/C10H14N4O3/c15-9(5-7-1-2-7)11-3-4-14-6-8(10(16)17)12-13-14/h6-7H,1-5H2,(H,11,15)(H,16,17). The van der Waals surface area contributed by atoms with Crippen LogP contribution in [0.3, 0.4) is 0 Å². The molecule has 7 nitrogen and oxygen atoms in total. The van der Waals surface area contributed by atoms with E-state index in [4.69, 9.17) is 5.11 Å². The van der Waals surface area contributed by atoms with Crippen LogP contribution in [0.5, 0.6) is 0 Å². The molecule has 1 aliphatic rings. The van der Waals surface area contributed by atoms with Crippen molar-refractivity contribution in [1.82, 2.24) is 20.3 Å². The summed E-state index contributed by atoms with van der Waals surface area (Å²) in [4.78, 5) is 21.9. The molecule has 2 N–H and O–H groups in total. The molecule has 2 rings (SSSR count). The highest BCUT2D eigenvalue weighted by Crippen LogP contribution is 2.31. The number of carboxylic acids is 1. The summed E-state index contributed by atoms with van der Waals surface area (Å²) in [5, 5.41) is 18.5. The summed E-state index contributed by atoms with van der Waals surface area (Å²) < 4.78 is 1.40. The van der Waals surface area contributed by atoms with E-state index in [0.717, 1.165) is 12.8 Å². The molecule has 7 heteroatoms. The van der Waals surface area contributed by atoms with Crippen LogP contribution in [-0.4, -0.2) is 38.5 Å². The third-order valence-corrected chi connectivity index (χ3v) is 2.59. The summed E-state index contributed by atoms with van der Waals surface area (Å²) >= 11 is 0. The van der Waals surface area contributed by atoms with Crippen LogP contribution in [0.2, 0.25) is 0 Å². The Kier molecular flexibility index (Phi) is 3.36. The Morgan fingerprint density at radius 1 is 1.53 bits per heavy atom. The molecule has 17 heavy (non-hydrogen) atoms. The summed E-state index contributed by atoms with van der Waals surface area (Å²) in [7, 11) is 0. The van der Waals surface area contributed by atoms with Crippen LogP contribution < -0.4 is 5.32 Å². The van der Waals surface area contributed by atoms with E-state index in [1.54, 1.807) is 0 Å². The second-order valence-electron chi connectivity index (χ2n) is 4.17. The van der Waals surface area contributed by atoms with Crippen molar-refractivity contribution in [1.29, 1.82) is 0 Å². The summed E-state index contributed by atoms with van der Waals surface area (Å²) in [5.74, 6) is -0.486. The molecule has 1 heterocycles. The fourth-order valence-corrected chi connectivity index (χ4v) is 1.47. The largest absolute Gasteiger partial charge is 0.476 e. The highest BCUT2D eigenvalue weighted by Gasteiger charge is 2.23. The van der Waals surface area contributed by atoms with Crippen LogP contribution in [-0.2, 0) is 11.3 Å². The van der Waals surface area contributed by atoms with E-state index in [-0.39, 0.29) is 11.6 Å². The van der Waals surface area contributed by atoms with Gasteiger partial charge in [0.1, 0.15) is 0 Å². The van der Waals surface area contributed by atoms with Gasteiger partial charge in [-0.25, -0.2) is 9.48 Å². The number of carbonyl (C=O) groups excluding carboxylic acids is 1. The normalized spacial score (nSPS) is 14.6. The van der Waals surface area contributed by atoms with Crippen molar-refractivity contribution >= 4 is 11.9 Å². The second-order valence-corrected chi connectivity index (χ2v) is 4.17. The van der Waals surface area contributed by atoms with Crippen molar-refractivity contribution in [2.24, 2.45) is 5.92 Å². The zero-order valence-corrected chi connectivity index (χ0v) is 9.30. The third kappa shape index (κ3) is 3.54. The van der Waals surface area contributed by atoms with Crippen molar-refractivity contribution < 1.29 is 14.7 Å². The number of carboxylic acid groups (broad SMARTS) is 1. The first-order valence-corrected chi connectivity index (χ1v) is 5.55. The molecule has 1 aromatic rings. The van der Waals surface area contributed by atoms with Gasteiger partial charge in [0.15, 0.2) is 5.69 Å². The maximum Gasteiger partial charge on any atom is 0.358 e. The number of rotatable bonds is 6. The Bertz CT molecular complexity index is 425. The molecule has 0 aliphatic heterocycles. The summed E-state index contributed by atoms with van der Waals surface area (Å²) in [6.45, 7) is 0.866. The Hall–Kier alpha value is -1.92. The van der Waals surface area contributed by atoms with Crippen LogP contribution in [0.1, 0.15) is 29.8 Å². The average Bonchev–Trinajstić information content (AvgIpc) is 2.94. The van der Waals surface area contributed by atoms with Crippen LogP contribution in [0.4, 0.5) is 0 Å². The van der Waals surface area contributed by atoms with Crippen LogP contribution in [0.25, 0.3) is 0 Å². The number of carbonyl (C=O) groups is 2. The number of hydrogen-bond donors (Lipinski definition) is 2. The van der Waals surface area contributed by atoms with E-state index < -0.39 is 5.97 Å². The van der Waals surface area contributed by atoms with Crippen molar-refractivity contribution in [3.63, 3.8) is 0 Å². The molecular weight excluding hydrogens is 224 g/mol. The number of nitrogens with zero attached hydrogens (tertiary/aromatic N) is 3. The van der Waals surface area contributed by atoms with Crippen molar-refractivity contribution in [2.45, 2.75) is 25.8 Å². The van der Waals surface area contributed by atoms with E-state index in [1.165, 1.54) is 10.9 Å². The lowest BCUT2D eigenvalue weighted by molar-refractivity contribution is -0.121. The van der Waals surface area contributed by atoms with E-state index in [0.29, 0.717) is 25.4 Å². The molecule has 1 saturated carbocycles. The molecule has 92 valence electrons. The highest BCUT2D eigenvalue weighted by molar-refractivity contribution is 5.84. The molecule has 0 aromatic carbocycles. The van der Waals surface area contributed by atoms with Crippen molar-refractivity contribution in [2.75, 3.05) is 6.54 Å². The fraction of sp³-hybridized carbons (Fsp3) is 0.600. The highest BCUT2D eigenvalue weighted by atomic mass is 16.4. The van der Waals surface area contributed by atoms with Gasteiger partial charge < -0.3 is 10.4 Å². The van der Waals surface area contributed by atoms with Gasteiger partial charge in [-0.3, -0.25) is 4.79 Å². The molecule has 0 unspecified atom stereocenters. The third-order valence-electron chi connectivity index (χ3n) is 2.59. The predicted octanol–water partition coefficient (Wildman–Crippen LogP) is -0.107. The SMILES string of the molecule is O=C(CC1CC1)NCCn1cc(C(=O)O)nn1. The van der Waals surface area contributed by atoms with Crippen molar-refractivity contribution in [3.05, 3.63) is 11.9 Å². The molecular formula is C10H14N4O3. The first-order chi connectivity index (χ1) is 8.15. The van der Waals surface area contributed by atoms with Gasteiger partial charge in [-0.1, -0.05) is 5.21 Å². The van der Waals surface area contributed by atoms with Gasteiger partial charge in [-0.2, -0.15) is 0 Å². The van der Waals surface area contributed by atoms with E-state index in [1.807, 2.05) is 0 Å². The number of aromatic carboxylic acids is 1. The Morgan fingerprint density at radius 2 is 2.29 bits per heavy atom. The molecule has 0 saturated heterocycles. The monoisotopic (exact) mass is 238 g/mol. The number of hydrogen-bond acceptors (Lipinski definition) is 4. The quantitative estimate of drug-likeness (QED) is 0.720. The molecule has 1 amide bonds. The topological polar surface area (TPSA) is 97.1 Å². The van der Waals surface area contributed by atoms with Gasteiger partial charge in [0.05, 0.1) is 12.7 Å². The van der Waals surface area contributed by atoms with E-state index >= 15 is 0 Å².